The molecule has 26 heavy (non-hydrogen) atoms. The van der Waals surface area contributed by atoms with Crippen molar-refractivity contribution in [1.82, 2.24) is 15.3 Å². The Labute approximate surface area is 155 Å². The average molecular weight is 350 g/mol. The van der Waals surface area contributed by atoms with E-state index in [-0.39, 0.29) is 11.9 Å². The molecule has 1 aliphatic rings. The van der Waals surface area contributed by atoms with Gasteiger partial charge in [0, 0.05) is 31.9 Å². The van der Waals surface area contributed by atoms with E-state index in [0.717, 1.165) is 18.5 Å². The number of pyridine rings is 1. The minimum atomic E-state index is -0.0900. The number of benzene rings is 1. The zero-order chi connectivity index (χ0) is 18.2. The average Bonchev–Trinajstić information content (AvgIpc) is 3.12. The minimum Gasteiger partial charge on any atom is -0.347 e. The molecule has 0 saturated carbocycles. The first-order valence-electron chi connectivity index (χ1n) is 9.34. The van der Waals surface area contributed by atoms with Gasteiger partial charge in [-0.3, -0.25) is 14.8 Å². The number of nitrogens with one attached hydrogen (secondary N) is 1. The first kappa shape index (κ1) is 18.1. The molecular weight excluding hydrogens is 324 g/mol. The van der Waals surface area contributed by atoms with Crippen LogP contribution in [0, 0.1) is 0 Å². The maximum Gasteiger partial charge on any atom is 0.267 e. The predicted molar refractivity (Wildman–Crippen MR) is 104 cm³/mol. The Morgan fingerprint density at radius 3 is 2.77 bits per heavy atom. The lowest BCUT2D eigenvalue weighted by atomic mass is 10.0. The third kappa shape index (κ3) is 4.69. The van der Waals surface area contributed by atoms with Crippen LogP contribution < -0.4 is 5.32 Å². The van der Waals surface area contributed by atoms with Crippen molar-refractivity contribution < 1.29 is 4.79 Å². The van der Waals surface area contributed by atoms with Gasteiger partial charge in [-0.15, -0.1) is 0 Å². The summed E-state index contributed by atoms with van der Waals surface area (Å²) in [5, 5.41) is 9.70. The molecule has 0 fully saturated rings. The molecule has 1 aliphatic heterocycles. The first-order chi connectivity index (χ1) is 12.8. The van der Waals surface area contributed by atoms with Crippen molar-refractivity contribution in [1.29, 1.82) is 0 Å². The molecule has 136 valence electrons. The van der Waals surface area contributed by atoms with Gasteiger partial charge in [0.2, 0.25) is 0 Å². The Balaban J connectivity index is 1.66. The van der Waals surface area contributed by atoms with Crippen LogP contribution in [0.5, 0.6) is 0 Å². The summed E-state index contributed by atoms with van der Waals surface area (Å²) in [6.45, 7) is 3.55. The second-order valence-electron chi connectivity index (χ2n) is 6.59. The second-order valence-corrected chi connectivity index (χ2v) is 6.59. The zero-order valence-electron chi connectivity index (χ0n) is 15.3. The van der Waals surface area contributed by atoms with E-state index in [4.69, 9.17) is 0 Å². The molecule has 0 spiro atoms. The lowest BCUT2D eigenvalue weighted by Crippen LogP contribution is -2.29. The summed E-state index contributed by atoms with van der Waals surface area (Å²) in [5.41, 5.74) is 2.81. The summed E-state index contributed by atoms with van der Waals surface area (Å²) in [5.74, 6) is -0.0900. The van der Waals surface area contributed by atoms with Gasteiger partial charge in [-0.2, -0.15) is 5.10 Å². The van der Waals surface area contributed by atoms with Gasteiger partial charge in [-0.05, 0) is 23.6 Å². The zero-order valence-corrected chi connectivity index (χ0v) is 15.3. The van der Waals surface area contributed by atoms with E-state index in [0.29, 0.717) is 18.7 Å². The fourth-order valence-corrected chi connectivity index (χ4v) is 3.17. The number of carbonyl (C=O) groups is 1. The van der Waals surface area contributed by atoms with Crippen LogP contribution in [0.2, 0.25) is 0 Å². The number of nitrogens with zero attached hydrogens (tertiary/aromatic N) is 3. The van der Waals surface area contributed by atoms with Crippen molar-refractivity contribution in [2.75, 3.05) is 6.54 Å². The lowest BCUT2D eigenvalue weighted by Gasteiger charge is -2.23. The number of hydrogen-bond acceptors (Lipinski definition) is 4. The molecule has 1 aromatic heterocycles. The summed E-state index contributed by atoms with van der Waals surface area (Å²) in [6, 6.07) is 14.3. The van der Waals surface area contributed by atoms with Gasteiger partial charge in [0.15, 0.2) is 0 Å². The van der Waals surface area contributed by atoms with Crippen LogP contribution in [0.4, 0.5) is 0 Å². The van der Waals surface area contributed by atoms with Crippen LogP contribution in [0.15, 0.2) is 60.0 Å². The van der Waals surface area contributed by atoms with E-state index in [1.807, 2.05) is 30.3 Å². The number of amides is 1. The summed E-state index contributed by atoms with van der Waals surface area (Å²) in [7, 11) is 0. The highest BCUT2D eigenvalue weighted by molar-refractivity contribution is 6.39. The van der Waals surface area contributed by atoms with Gasteiger partial charge in [-0.25, -0.2) is 0 Å². The largest absolute Gasteiger partial charge is 0.347 e. The second kappa shape index (κ2) is 9.13. The number of rotatable bonds is 8. The number of carbonyl (C=O) groups excluding carboxylic acids is 1. The third-order valence-corrected chi connectivity index (χ3v) is 4.61. The van der Waals surface area contributed by atoms with Gasteiger partial charge in [-0.1, -0.05) is 56.2 Å². The molecule has 0 radical (unpaired) electrons. The van der Waals surface area contributed by atoms with E-state index in [9.17, 15) is 4.79 Å². The van der Waals surface area contributed by atoms with Gasteiger partial charge in [0.05, 0.1) is 6.04 Å². The smallest absolute Gasteiger partial charge is 0.267 e. The Morgan fingerprint density at radius 2 is 2.04 bits per heavy atom. The first-order valence-corrected chi connectivity index (χ1v) is 9.34. The molecular formula is C21H26N4O. The van der Waals surface area contributed by atoms with Crippen molar-refractivity contribution in [2.45, 2.75) is 45.2 Å². The Hall–Kier alpha value is -2.69. The van der Waals surface area contributed by atoms with Gasteiger partial charge < -0.3 is 5.32 Å². The molecule has 5 heteroatoms. The maximum absolute atomic E-state index is 12.6. The van der Waals surface area contributed by atoms with Crippen LogP contribution in [0.3, 0.4) is 0 Å². The highest BCUT2D eigenvalue weighted by Gasteiger charge is 2.30. The van der Waals surface area contributed by atoms with Crippen LogP contribution in [-0.4, -0.2) is 28.2 Å². The van der Waals surface area contributed by atoms with Crippen molar-refractivity contribution in [3.05, 3.63) is 66.0 Å². The highest BCUT2D eigenvalue weighted by atomic mass is 16.2. The van der Waals surface area contributed by atoms with Crippen molar-refractivity contribution in [2.24, 2.45) is 5.10 Å². The van der Waals surface area contributed by atoms with Gasteiger partial charge in [0.1, 0.15) is 5.71 Å². The number of unbranched alkanes of at least 4 members (excludes halogenated alkanes) is 2. The predicted octanol–water partition coefficient (Wildman–Crippen LogP) is 3.69. The molecule has 1 N–H and O–H groups in total. The van der Waals surface area contributed by atoms with E-state index < -0.39 is 0 Å². The van der Waals surface area contributed by atoms with Crippen LogP contribution >= 0.6 is 0 Å². The SMILES string of the molecule is CCCCCN1N=C(C(=O)NCc2cccnc2)CC1c1ccccc1. The summed E-state index contributed by atoms with van der Waals surface area (Å²) < 4.78 is 0. The quantitative estimate of drug-likeness (QED) is 0.739. The Kier molecular flexibility index (Phi) is 6.36. The maximum atomic E-state index is 12.6. The molecule has 1 aromatic carbocycles. The van der Waals surface area contributed by atoms with E-state index in [1.165, 1.54) is 18.4 Å². The van der Waals surface area contributed by atoms with Crippen LogP contribution in [-0.2, 0) is 11.3 Å². The summed E-state index contributed by atoms with van der Waals surface area (Å²) >= 11 is 0. The molecule has 2 aromatic rings. The van der Waals surface area contributed by atoms with Crippen molar-refractivity contribution in [3.63, 3.8) is 0 Å². The molecule has 1 amide bonds. The normalized spacial score (nSPS) is 16.4. The van der Waals surface area contributed by atoms with E-state index >= 15 is 0 Å². The van der Waals surface area contributed by atoms with Crippen LogP contribution in [0.1, 0.15) is 49.8 Å². The molecule has 0 bridgehead atoms. The molecule has 0 saturated heterocycles. The standard InChI is InChI=1S/C21H26N4O/c1-2-3-7-13-25-20(18-10-5-4-6-11-18)14-19(24-25)21(26)23-16-17-9-8-12-22-15-17/h4-6,8-12,15,20H,2-3,7,13-14,16H2,1H3,(H,23,26). The topological polar surface area (TPSA) is 57.6 Å². The summed E-state index contributed by atoms with van der Waals surface area (Å²) in [4.78, 5) is 16.7. The van der Waals surface area contributed by atoms with Gasteiger partial charge >= 0.3 is 0 Å². The minimum absolute atomic E-state index is 0.0900. The highest BCUT2D eigenvalue weighted by Crippen LogP contribution is 2.30. The number of aromatic nitrogens is 1. The number of hydrazone groups is 1. The molecule has 2 heterocycles. The van der Waals surface area contributed by atoms with Crippen LogP contribution in [0.25, 0.3) is 0 Å². The molecule has 5 nitrogen and oxygen atoms in total. The van der Waals surface area contributed by atoms with Crippen molar-refractivity contribution >= 4 is 11.6 Å². The monoisotopic (exact) mass is 350 g/mol. The third-order valence-electron chi connectivity index (χ3n) is 4.61. The number of hydrogen-bond donors (Lipinski definition) is 1. The fourth-order valence-electron chi connectivity index (χ4n) is 3.17. The van der Waals surface area contributed by atoms with Gasteiger partial charge in [0.25, 0.3) is 5.91 Å². The molecule has 1 atom stereocenters. The fraction of sp³-hybridized carbons (Fsp3) is 0.381. The van der Waals surface area contributed by atoms with E-state index in [1.54, 1.807) is 12.4 Å². The Morgan fingerprint density at radius 1 is 1.19 bits per heavy atom. The Bertz CT molecular complexity index is 730. The lowest BCUT2D eigenvalue weighted by molar-refractivity contribution is -0.115. The van der Waals surface area contributed by atoms with Crippen molar-refractivity contribution in [3.8, 4) is 0 Å². The molecule has 0 aliphatic carbocycles. The molecule has 3 rings (SSSR count). The molecule has 1 unspecified atom stereocenters. The summed E-state index contributed by atoms with van der Waals surface area (Å²) in [6.07, 6.45) is 7.58. The van der Waals surface area contributed by atoms with E-state index in [2.05, 4.69) is 39.5 Å².